The van der Waals surface area contributed by atoms with E-state index < -0.39 is 0 Å². The fourth-order valence-electron chi connectivity index (χ4n) is 0.571. The maximum atomic E-state index is 5.15. The Morgan fingerprint density at radius 2 is 2.50 bits per heavy atom. The highest BCUT2D eigenvalue weighted by Gasteiger charge is 1.91. The van der Waals surface area contributed by atoms with Crippen molar-refractivity contribution < 1.29 is 4.74 Å². The van der Waals surface area contributed by atoms with Crippen molar-refractivity contribution in [2.75, 3.05) is 6.73 Å². The summed E-state index contributed by atoms with van der Waals surface area (Å²) in [5, 5.41) is 0. The van der Waals surface area contributed by atoms with E-state index in [2.05, 4.69) is 20.9 Å². The Hall–Kier alpha value is -0.610. The van der Waals surface area contributed by atoms with Crippen LogP contribution in [0.25, 0.3) is 0 Å². The zero-order chi connectivity index (χ0) is 7.40. The highest BCUT2D eigenvalue weighted by molar-refractivity contribution is 9.10. The first-order chi connectivity index (χ1) is 4.83. The second kappa shape index (κ2) is 3.53. The van der Waals surface area contributed by atoms with E-state index in [1.54, 1.807) is 18.3 Å². The standard InChI is InChI=1S/C6H7BrN2O/c7-6-3-5(10-4-8)1-2-9-6/h1-3H,4,8H2. The number of rotatable bonds is 2. The van der Waals surface area contributed by atoms with Crippen LogP contribution in [-0.2, 0) is 0 Å². The van der Waals surface area contributed by atoms with E-state index >= 15 is 0 Å². The first-order valence-electron chi connectivity index (χ1n) is 2.77. The fraction of sp³-hybridized carbons (Fsp3) is 0.167. The average Bonchev–Trinajstić information content (AvgIpc) is 1.88. The molecule has 0 saturated carbocycles. The third-order valence-corrected chi connectivity index (χ3v) is 1.38. The maximum absolute atomic E-state index is 5.15. The molecule has 4 heteroatoms. The molecule has 2 N–H and O–H groups in total. The van der Waals surface area contributed by atoms with Crippen molar-refractivity contribution in [3.05, 3.63) is 22.9 Å². The normalized spacial score (nSPS) is 9.40. The molecule has 54 valence electrons. The first kappa shape index (κ1) is 7.50. The van der Waals surface area contributed by atoms with Gasteiger partial charge in [-0.2, -0.15) is 0 Å². The van der Waals surface area contributed by atoms with Crippen LogP contribution in [0.15, 0.2) is 22.9 Å². The van der Waals surface area contributed by atoms with E-state index in [-0.39, 0.29) is 6.73 Å². The van der Waals surface area contributed by atoms with Gasteiger partial charge in [-0.25, -0.2) is 4.98 Å². The predicted octanol–water partition coefficient (Wildman–Crippen LogP) is 1.14. The lowest BCUT2D eigenvalue weighted by molar-refractivity contribution is 0.329. The molecule has 0 aliphatic heterocycles. The molecule has 0 unspecified atom stereocenters. The van der Waals surface area contributed by atoms with Crippen LogP contribution in [0.1, 0.15) is 0 Å². The van der Waals surface area contributed by atoms with E-state index in [9.17, 15) is 0 Å². The molecule has 0 aliphatic rings. The minimum atomic E-state index is 0.191. The molecule has 0 aromatic carbocycles. The third kappa shape index (κ3) is 1.97. The van der Waals surface area contributed by atoms with Gasteiger partial charge in [0.25, 0.3) is 0 Å². The molecule has 0 radical (unpaired) electrons. The Balaban J connectivity index is 2.75. The minimum Gasteiger partial charge on any atom is -0.478 e. The molecular formula is C6H7BrN2O. The minimum absolute atomic E-state index is 0.191. The van der Waals surface area contributed by atoms with Gasteiger partial charge < -0.3 is 4.74 Å². The highest BCUT2D eigenvalue weighted by Crippen LogP contribution is 2.13. The molecule has 1 rings (SSSR count). The van der Waals surface area contributed by atoms with Gasteiger partial charge in [0.1, 0.15) is 17.1 Å². The Bertz CT molecular complexity index is 217. The van der Waals surface area contributed by atoms with Crippen LogP contribution in [0.2, 0.25) is 0 Å². The molecule has 0 atom stereocenters. The van der Waals surface area contributed by atoms with E-state index in [0.717, 1.165) is 10.4 Å². The quantitative estimate of drug-likeness (QED) is 0.579. The molecule has 0 fully saturated rings. The summed E-state index contributed by atoms with van der Waals surface area (Å²) < 4.78 is 5.74. The zero-order valence-electron chi connectivity index (χ0n) is 5.25. The number of ether oxygens (including phenoxy) is 1. The van der Waals surface area contributed by atoms with Crippen LogP contribution in [0.3, 0.4) is 0 Å². The number of aromatic nitrogens is 1. The number of pyridine rings is 1. The van der Waals surface area contributed by atoms with Crippen LogP contribution in [0.5, 0.6) is 5.75 Å². The van der Waals surface area contributed by atoms with Crippen molar-refractivity contribution in [1.29, 1.82) is 0 Å². The van der Waals surface area contributed by atoms with Crippen LogP contribution in [-0.4, -0.2) is 11.7 Å². The van der Waals surface area contributed by atoms with Crippen molar-refractivity contribution in [2.24, 2.45) is 5.73 Å². The Morgan fingerprint density at radius 1 is 1.70 bits per heavy atom. The third-order valence-electron chi connectivity index (χ3n) is 0.948. The number of hydrogen-bond donors (Lipinski definition) is 1. The summed E-state index contributed by atoms with van der Waals surface area (Å²) in [6.45, 7) is 0.191. The molecule has 0 saturated heterocycles. The first-order valence-corrected chi connectivity index (χ1v) is 3.56. The molecule has 0 spiro atoms. The molecule has 1 aromatic rings. The number of halogens is 1. The Morgan fingerprint density at radius 3 is 3.10 bits per heavy atom. The molecule has 3 nitrogen and oxygen atoms in total. The van der Waals surface area contributed by atoms with Gasteiger partial charge in [-0.05, 0) is 22.0 Å². The predicted molar refractivity (Wildman–Crippen MR) is 41.6 cm³/mol. The van der Waals surface area contributed by atoms with Crippen LogP contribution in [0, 0.1) is 0 Å². The zero-order valence-corrected chi connectivity index (χ0v) is 6.84. The maximum Gasteiger partial charge on any atom is 0.137 e. The lowest BCUT2D eigenvalue weighted by Gasteiger charge is -2.00. The van der Waals surface area contributed by atoms with Gasteiger partial charge in [-0.15, -0.1) is 0 Å². The number of nitrogens with two attached hydrogens (primary N) is 1. The monoisotopic (exact) mass is 202 g/mol. The summed E-state index contributed by atoms with van der Waals surface area (Å²) >= 11 is 3.20. The van der Waals surface area contributed by atoms with Crippen LogP contribution >= 0.6 is 15.9 Å². The number of hydrogen-bond acceptors (Lipinski definition) is 3. The fourth-order valence-corrected chi connectivity index (χ4v) is 0.915. The lowest BCUT2D eigenvalue weighted by atomic mass is 10.5. The van der Waals surface area contributed by atoms with E-state index in [0.29, 0.717) is 0 Å². The van der Waals surface area contributed by atoms with E-state index in [1.165, 1.54) is 0 Å². The summed E-state index contributed by atoms with van der Waals surface area (Å²) in [6, 6.07) is 3.50. The summed E-state index contributed by atoms with van der Waals surface area (Å²) in [5.41, 5.74) is 5.15. The second-order valence-electron chi connectivity index (χ2n) is 1.63. The van der Waals surface area contributed by atoms with Crippen molar-refractivity contribution >= 4 is 15.9 Å². The molecular weight excluding hydrogens is 196 g/mol. The molecule has 0 amide bonds. The second-order valence-corrected chi connectivity index (χ2v) is 2.44. The largest absolute Gasteiger partial charge is 0.478 e. The van der Waals surface area contributed by atoms with Gasteiger partial charge in [0, 0.05) is 12.3 Å². The van der Waals surface area contributed by atoms with Crippen molar-refractivity contribution in [1.82, 2.24) is 4.98 Å². The topological polar surface area (TPSA) is 48.1 Å². The summed E-state index contributed by atoms with van der Waals surface area (Å²) in [6.07, 6.45) is 1.65. The summed E-state index contributed by atoms with van der Waals surface area (Å²) in [5.74, 6) is 0.726. The number of nitrogens with zero attached hydrogens (tertiary/aromatic N) is 1. The SMILES string of the molecule is NCOc1ccnc(Br)c1. The summed E-state index contributed by atoms with van der Waals surface area (Å²) in [4.78, 5) is 3.92. The lowest BCUT2D eigenvalue weighted by Crippen LogP contribution is -2.07. The Kier molecular flexibility index (Phi) is 2.65. The summed E-state index contributed by atoms with van der Waals surface area (Å²) in [7, 11) is 0. The molecule has 1 heterocycles. The van der Waals surface area contributed by atoms with Crippen molar-refractivity contribution in [2.45, 2.75) is 0 Å². The molecule has 0 aliphatic carbocycles. The Labute approximate surface area is 67.3 Å². The van der Waals surface area contributed by atoms with Gasteiger partial charge in [0.05, 0.1) is 0 Å². The smallest absolute Gasteiger partial charge is 0.137 e. The van der Waals surface area contributed by atoms with Gasteiger partial charge in [-0.3, -0.25) is 5.73 Å². The highest BCUT2D eigenvalue weighted by atomic mass is 79.9. The average molecular weight is 203 g/mol. The van der Waals surface area contributed by atoms with E-state index in [1.807, 2.05) is 0 Å². The van der Waals surface area contributed by atoms with Crippen molar-refractivity contribution in [3.63, 3.8) is 0 Å². The van der Waals surface area contributed by atoms with Crippen LogP contribution in [0.4, 0.5) is 0 Å². The van der Waals surface area contributed by atoms with Gasteiger partial charge in [0.2, 0.25) is 0 Å². The molecule has 10 heavy (non-hydrogen) atoms. The van der Waals surface area contributed by atoms with Gasteiger partial charge >= 0.3 is 0 Å². The van der Waals surface area contributed by atoms with Crippen molar-refractivity contribution in [3.8, 4) is 5.75 Å². The molecule has 1 aromatic heterocycles. The van der Waals surface area contributed by atoms with Gasteiger partial charge in [-0.1, -0.05) is 0 Å². The van der Waals surface area contributed by atoms with Gasteiger partial charge in [0.15, 0.2) is 0 Å². The van der Waals surface area contributed by atoms with E-state index in [4.69, 9.17) is 10.5 Å². The van der Waals surface area contributed by atoms with Crippen LogP contribution < -0.4 is 10.5 Å². The molecule has 0 bridgehead atoms.